The van der Waals surface area contributed by atoms with Gasteiger partial charge in [0.25, 0.3) is 5.91 Å². The van der Waals surface area contributed by atoms with E-state index in [0.717, 1.165) is 13.1 Å². The average molecular weight is 356 g/mol. The van der Waals surface area contributed by atoms with Crippen LogP contribution in [0.4, 0.5) is 10.1 Å². The van der Waals surface area contributed by atoms with Gasteiger partial charge in [0, 0.05) is 37.1 Å². The van der Waals surface area contributed by atoms with E-state index in [4.69, 9.17) is 0 Å². The molecule has 0 bridgehead atoms. The molecule has 0 saturated carbocycles. The maximum absolute atomic E-state index is 14.5. The molecule has 0 unspecified atom stereocenters. The number of halogens is 1. The number of hydrogen-bond donors (Lipinski definition) is 2. The van der Waals surface area contributed by atoms with Gasteiger partial charge in [0.2, 0.25) is 5.91 Å². The van der Waals surface area contributed by atoms with Crippen molar-refractivity contribution >= 4 is 28.4 Å². The quantitative estimate of drug-likeness (QED) is 0.878. The summed E-state index contributed by atoms with van der Waals surface area (Å²) in [5, 5.41) is 6.02. The predicted octanol–water partition coefficient (Wildman–Crippen LogP) is 1.69. The molecule has 2 N–H and O–H groups in total. The van der Waals surface area contributed by atoms with Crippen molar-refractivity contribution in [3.63, 3.8) is 0 Å². The van der Waals surface area contributed by atoms with Gasteiger partial charge in [-0.1, -0.05) is 13.8 Å². The van der Waals surface area contributed by atoms with Gasteiger partial charge in [-0.2, -0.15) is 0 Å². The first kappa shape index (κ1) is 16.8. The number of rotatable bonds is 3. The Morgan fingerprint density at radius 2 is 2.08 bits per heavy atom. The van der Waals surface area contributed by atoms with E-state index < -0.39 is 6.04 Å². The van der Waals surface area contributed by atoms with Crippen LogP contribution in [0.3, 0.4) is 0 Å². The van der Waals surface area contributed by atoms with Crippen LogP contribution in [0.5, 0.6) is 0 Å². The van der Waals surface area contributed by atoms with Gasteiger partial charge >= 0.3 is 0 Å². The molecule has 2 fully saturated rings. The molecule has 2 amide bonds. The molecule has 2 saturated heterocycles. The first-order valence-electron chi connectivity index (χ1n) is 8.85. The molecule has 1 aromatic carbocycles. The Kier molecular flexibility index (Phi) is 4.01. The molecule has 2 aromatic rings. The number of hydrogen-bond acceptors (Lipinski definition) is 4. The average Bonchev–Trinajstić information content (AvgIpc) is 2.90. The lowest BCUT2D eigenvalue weighted by molar-refractivity contribution is -0.121. The minimum Gasteiger partial charge on any atom is -0.368 e. The smallest absolute Gasteiger partial charge is 0.253 e. The van der Waals surface area contributed by atoms with Gasteiger partial charge in [0.15, 0.2) is 0 Å². The van der Waals surface area contributed by atoms with Gasteiger partial charge in [0.05, 0.1) is 16.8 Å². The Balaban J connectivity index is 1.58. The van der Waals surface area contributed by atoms with E-state index >= 15 is 0 Å². The Hall–Kier alpha value is -2.70. The number of aromatic nitrogens is 1. The minimum atomic E-state index is -0.550. The standard InChI is InChI=1S/C19H21FN4O2/c1-10-8-24(9-10)16-5-15-12(4-14(16)20)3-13(7-21-15)18(25)23-17-11(2)6-22-19(17)26/h3-5,7,10-11,17H,6,8-9H2,1-2H3,(H,22,26)(H,23,25)/t11-,17+/m1/s1. The van der Waals surface area contributed by atoms with E-state index in [2.05, 4.69) is 22.5 Å². The van der Waals surface area contributed by atoms with E-state index in [1.807, 2.05) is 11.8 Å². The summed E-state index contributed by atoms with van der Waals surface area (Å²) >= 11 is 0. The van der Waals surface area contributed by atoms with Gasteiger partial charge in [0.1, 0.15) is 11.9 Å². The van der Waals surface area contributed by atoms with Gasteiger partial charge in [-0.15, -0.1) is 0 Å². The molecule has 4 rings (SSSR count). The van der Waals surface area contributed by atoms with Gasteiger partial charge in [-0.05, 0) is 24.1 Å². The zero-order valence-corrected chi connectivity index (χ0v) is 14.8. The molecule has 26 heavy (non-hydrogen) atoms. The highest BCUT2D eigenvalue weighted by Gasteiger charge is 2.33. The van der Waals surface area contributed by atoms with Crippen molar-refractivity contribution in [2.24, 2.45) is 11.8 Å². The normalized spacial score (nSPS) is 23.0. The summed E-state index contributed by atoms with van der Waals surface area (Å²) in [4.78, 5) is 30.5. The Labute approximate surface area is 150 Å². The summed E-state index contributed by atoms with van der Waals surface area (Å²) in [6, 6.07) is 4.21. The highest BCUT2D eigenvalue weighted by Crippen LogP contribution is 2.30. The SMILES string of the molecule is CC1CN(c2cc3ncc(C(=O)N[C@@H]4C(=O)NC[C@H]4C)cc3cc2F)C1. The number of fused-ring (bicyclic) bond motifs is 1. The fraction of sp³-hybridized carbons (Fsp3) is 0.421. The van der Waals surface area contributed by atoms with Crippen LogP contribution in [0.1, 0.15) is 24.2 Å². The van der Waals surface area contributed by atoms with Crippen LogP contribution in [-0.2, 0) is 4.79 Å². The van der Waals surface area contributed by atoms with Crippen molar-refractivity contribution in [1.29, 1.82) is 0 Å². The van der Waals surface area contributed by atoms with Crippen molar-refractivity contribution in [1.82, 2.24) is 15.6 Å². The van der Waals surface area contributed by atoms with Crippen LogP contribution in [0.25, 0.3) is 10.9 Å². The second kappa shape index (κ2) is 6.23. The molecule has 136 valence electrons. The van der Waals surface area contributed by atoms with E-state index in [-0.39, 0.29) is 23.5 Å². The van der Waals surface area contributed by atoms with E-state index in [1.165, 1.54) is 12.3 Å². The number of pyridine rings is 1. The van der Waals surface area contributed by atoms with Crippen LogP contribution < -0.4 is 15.5 Å². The third-order valence-corrected chi connectivity index (χ3v) is 5.15. The molecule has 0 radical (unpaired) electrons. The second-order valence-corrected chi connectivity index (χ2v) is 7.40. The lowest BCUT2D eigenvalue weighted by atomic mass is 10.0. The molecular formula is C19H21FN4O2. The Morgan fingerprint density at radius 3 is 2.73 bits per heavy atom. The maximum atomic E-state index is 14.5. The number of nitrogens with zero attached hydrogens (tertiary/aromatic N) is 2. The number of nitrogens with one attached hydrogen (secondary N) is 2. The Morgan fingerprint density at radius 1 is 1.31 bits per heavy atom. The first-order valence-corrected chi connectivity index (χ1v) is 8.85. The maximum Gasteiger partial charge on any atom is 0.253 e. The van der Waals surface area contributed by atoms with E-state index in [1.54, 1.807) is 12.1 Å². The molecule has 0 aliphatic carbocycles. The van der Waals surface area contributed by atoms with Crippen molar-refractivity contribution in [2.45, 2.75) is 19.9 Å². The van der Waals surface area contributed by atoms with Crippen LogP contribution in [0, 0.1) is 17.7 Å². The zero-order chi connectivity index (χ0) is 18.4. The van der Waals surface area contributed by atoms with Crippen molar-refractivity contribution in [3.8, 4) is 0 Å². The van der Waals surface area contributed by atoms with Gasteiger partial charge in [-0.25, -0.2) is 4.39 Å². The lowest BCUT2D eigenvalue weighted by Gasteiger charge is -2.39. The monoisotopic (exact) mass is 356 g/mol. The predicted molar refractivity (Wildman–Crippen MR) is 96.5 cm³/mol. The minimum absolute atomic E-state index is 0.0267. The number of anilines is 1. The zero-order valence-electron chi connectivity index (χ0n) is 14.8. The summed E-state index contributed by atoms with van der Waals surface area (Å²) in [5.74, 6) is -0.279. The van der Waals surface area contributed by atoms with Crippen molar-refractivity contribution in [3.05, 3.63) is 35.8 Å². The first-order chi connectivity index (χ1) is 12.4. The lowest BCUT2D eigenvalue weighted by Crippen LogP contribution is -2.45. The van der Waals surface area contributed by atoms with Crippen LogP contribution in [0.15, 0.2) is 24.4 Å². The van der Waals surface area contributed by atoms with Crippen LogP contribution >= 0.6 is 0 Å². The van der Waals surface area contributed by atoms with Crippen LogP contribution in [-0.4, -0.2) is 42.5 Å². The summed E-state index contributed by atoms with van der Waals surface area (Å²) in [6.07, 6.45) is 1.47. The molecule has 7 heteroatoms. The molecule has 6 nitrogen and oxygen atoms in total. The molecule has 2 aliphatic heterocycles. The second-order valence-electron chi connectivity index (χ2n) is 7.40. The topological polar surface area (TPSA) is 74.3 Å². The number of carbonyl (C=O) groups excluding carboxylic acids is 2. The molecule has 2 aliphatic rings. The largest absolute Gasteiger partial charge is 0.368 e. The summed E-state index contributed by atoms with van der Waals surface area (Å²) in [7, 11) is 0. The number of carbonyl (C=O) groups is 2. The third kappa shape index (κ3) is 2.87. The Bertz CT molecular complexity index is 894. The van der Waals surface area contributed by atoms with Gasteiger partial charge < -0.3 is 15.5 Å². The fourth-order valence-electron chi connectivity index (χ4n) is 3.58. The molecule has 2 atom stereocenters. The van der Waals surface area contributed by atoms with Crippen LogP contribution in [0.2, 0.25) is 0 Å². The molecule has 1 aromatic heterocycles. The highest BCUT2D eigenvalue weighted by molar-refractivity contribution is 6.00. The summed E-state index contributed by atoms with van der Waals surface area (Å²) in [5.41, 5.74) is 1.51. The summed E-state index contributed by atoms with van der Waals surface area (Å²) < 4.78 is 14.5. The summed E-state index contributed by atoms with van der Waals surface area (Å²) in [6.45, 7) is 6.25. The van der Waals surface area contributed by atoms with Gasteiger partial charge in [-0.3, -0.25) is 14.6 Å². The van der Waals surface area contributed by atoms with Crippen molar-refractivity contribution in [2.75, 3.05) is 24.5 Å². The highest BCUT2D eigenvalue weighted by atomic mass is 19.1. The third-order valence-electron chi connectivity index (χ3n) is 5.15. The molecule has 3 heterocycles. The number of amides is 2. The van der Waals surface area contributed by atoms with E-state index in [9.17, 15) is 14.0 Å². The van der Waals surface area contributed by atoms with E-state index in [0.29, 0.717) is 34.6 Å². The molecule has 0 spiro atoms. The molecular weight excluding hydrogens is 335 g/mol. The number of benzene rings is 1. The van der Waals surface area contributed by atoms with Crippen molar-refractivity contribution < 1.29 is 14.0 Å². The fourth-order valence-corrected chi connectivity index (χ4v) is 3.58.